The predicted molar refractivity (Wildman–Crippen MR) is 111 cm³/mol. The molecule has 0 atom stereocenters. The van der Waals surface area contributed by atoms with E-state index < -0.39 is 10.0 Å². The van der Waals surface area contributed by atoms with Crippen molar-refractivity contribution in [2.75, 3.05) is 17.1 Å². The van der Waals surface area contributed by atoms with E-state index in [0.717, 1.165) is 19.1 Å². The van der Waals surface area contributed by atoms with Gasteiger partial charge in [0.25, 0.3) is 5.91 Å². The van der Waals surface area contributed by atoms with Crippen LogP contribution in [0.1, 0.15) is 35.7 Å². The third-order valence-corrected chi connectivity index (χ3v) is 5.85. The summed E-state index contributed by atoms with van der Waals surface area (Å²) in [5, 5.41) is 3.61. The highest BCUT2D eigenvalue weighted by Crippen LogP contribution is 2.29. The van der Waals surface area contributed by atoms with Crippen LogP contribution in [0.3, 0.4) is 0 Å². The summed E-state index contributed by atoms with van der Waals surface area (Å²) in [6, 6.07) is 11.4. The van der Waals surface area contributed by atoms with Crippen molar-refractivity contribution >= 4 is 44.8 Å². The van der Waals surface area contributed by atoms with Crippen LogP contribution in [0.4, 0.5) is 5.69 Å². The highest BCUT2D eigenvalue weighted by Gasteiger charge is 2.21. The minimum Gasteiger partial charge on any atom is -0.352 e. The van der Waals surface area contributed by atoms with Crippen molar-refractivity contribution in [2.45, 2.75) is 26.3 Å². The lowest BCUT2D eigenvalue weighted by molar-refractivity contribution is 0.0953. The summed E-state index contributed by atoms with van der Waals surface area (Å²) in [4.78, 5) is 12.1. The van der Waals surface area contributed by atoms with Gasteiger partial charge in [0.15, 0.2) is 0 Å². The van der Waals surface area contributed by atoms with Gasteiger partial charge in [0.1, 0.15) is 0 Å². The van der Waals surface area contributed by atoms with Crippen molar-refractivity contribution in [3.05, 3.63) is 63.6 Å². The molecular weight excluding hydrogens is 407 g/mol. The standard InChI is InChI=1S/C19H22Cl2N2O3S/c1-3-4-12-22-19(24)14-8-10-15(11-9-14)23(27(2,25)26)13-16-17(20)6-5-7-18(16)21/h5-11H,3-4,12-13H2,1-2H3,(H,22,24). The number of sulfonamides is 1. The number of hydrogen-bond donors (Lipinski definition) is 1. The first-order valence-electron chi connectivity index (χ1n) is 8.53. The quantitative estimate of drug-likeness (QED) is 0.629. The lowest BCUT2D eigenvalue weighted by Gasteiger charge is -2.23. The van der Waals surface area contributed by atoms with Crippen LogP contribution in [0.2, 0.25) is 10.0 Å². The molecule has 146 valence electrons. The molecule has 0 saturated heterocycles. The Balaban J connectivity index is 2.26. The van der Waals surface area contributed by atoms with E-state index in [-0.39, 0.29) is 12.5 Å². The number of unbranched alkanes of at least 4 members (excludes halogenated alkanes) is 1. The van der Waals surface area contributed by atoms with E-state index in [1.807, 2.05) is 6.92 Å². The smallest absolute Gasteiger partial charge is 0.251 e. The molecule has 1 amide bonds. The van der Waals surface area contributed by atoms with E-state index in [0.29, 0.717) is 33.4 Å². The Morgan fingerprint density at radius 1 is 1.07 bits per heavy atom. The summed E-state index contributed by atoms with van der Waals surface area (Å²) in [6.45, 7) is 2.66. The molecule has 0 unspecified atom stereocenters. The molecule has 0 fully saturated rings. The molecule has 2 rings (SSSR count). The fraction of sp³-hybridized carbons (Fsp3) is 0.316. The maximum absolute atomic E-state index is 12.3. The normalized spacial score (nSPS) is 11.3. The summed E-state index contributed by atoms with van der Waals surface area (Å²) in [7, 11) is -3.58. The first kappa shape index (κ1) is 21.5. The van der Waals surface area contributed by atoms with Crippen molar-refractivity contribution in [1.82, 2.24) is 5.32 Å². The van der Waals surface area contributed by atoms with Crippen LogP contribution in [0.25, 0.3) is 0 Å². The van der Waals surface area contributed by atoms with Crippen molar-refractivity contribution in [3.63, 3.8) is 0 Å². The lowest BCUT2D eigenvalue weighted by atomic mass is 10.1. The summed E-state index contributed by atoms with van der Waals surface area (Å²) in [5.41, 5.74) is 1.42. The second-order valence-corrected chi connectivity index (χ2v) is 8.85. The molecule has 8 heteroatoms. The van der Waals surface area contributed by atoms with Gasteiger partial charge in [-0.3, -0.25) is 9.10 Å². The SMILES string of the molecule is CCCCNC(=O)c1ccc(N(Cc2c(Cl)cccc2Cl)S(C)(=O)=O)cc1. The van der Waals surface area contributed by atoms with Gasteiger partial charge in [-0.05, 0) is 42.8 Å². The molecule has 2 aromatic rings. The average molecular weight is 429 g/mol. The Hall–Kier alpha value is -1.76. The highest BCUT2D eigenvalue weighted by molar-refractivity contribution is 7.92. The van der Waals surface area contributed by atoms with Gasteiger partial charge in [0.2, 0.25) is 10.0 Å². The van der Waals surface area contributed by atoms with Crippen LogP contribution in [-0.4, -0.2) is 27.1 Å². The lowest BCUT2D eigenvalue weighted by Crippen LogP contribution is -2.30. The molecule has 0 aliphatic carbocycles. The van der Waals surface area contributed by atoms with Gasteiger partial charge in [-0.15, -0.1) is 0 Å². The summed E-state index contributed by atoms with van der Waals surface area (Å²) in [6.07, 6.45) is 3.01. The number of benzene rings is 2. The Kier molecular flexibility index (Phi) is 7.53. The Morgan fingerprint density at radius 3 is 2.19 bits per heavy atom. The molecule has 0 aromatic heterocycles. The zero-order valence-electron chi connectivity index (χ0n) is 15.2. The number of carbonyl (C=O) groups excluding carboxylic acids is 1. The van der Waals surface area contributed by atoms with Crippen molar-refractivity contribution < 1.29 is 13.2 Å². The molecule has 0 heterocycles. The number of rotatable bonds is 8. The number of carbonyl (C=O) groups is 1. The molecule has 2 aromatic carbocycles. The number of nitrogens with zero attached hydrogens (tertiary/aromatic N) is 1. The average Bonchev–Trinajstić information content (AvgIpc) is 2.61. The van der Waals surface area contributed by atoms with Gasteiger partial charge in [0, 0.05) is 27.7 Å². The Morgan fingerprint density at radius 2 is 1.67 bits per heavy atom. The van der Waals surface area contributed by atoms with E-state index in [9.17, 15) is 13.2 Å². The van der Waals surface area contributed by atoms with E-state index in [1.54, 1.807) is 42.5 Å². The largest absolute Gasteiger partial charge is 0.352 e. The molecule has 0 saturated carbocycles. The van der Waals surface area contributed by atoms with Gasteiger partial charge in [-0.25, -0.2) is 8.42 Å². The van der Waals surface area contributed by atoms with E-state index >= 15 is 0 Å². The minimum atomic E-state index is -3.58. The van der Waals surface area contributed by atoms with Gasteiger partial charge in [-0.1, -0.05) is 42.6 Å². The number of hydrogen-bond acceptors (Lipinski definition) is 3. The predicted octanol–water partition coefficient (Wildman–Crippen LogP) is 4.49. The van der Waals surface area contributed by atoms with E-state index in [2.05, 4.69) is 5.32 Å². The fourth-order valence-electron chi connectivity index (χ4n) is 2.49. The van der Waals surface area contributed by atoms with E-state index in [1.165, 1.54) is 4.31 Å². The maximum Gasteiger partial charge on any atom is 0.251 e. The van der Waals surface area contributed by atoms with Crippen LogP contribution < -0.4 is 9.62 Å². The Labute approximate surface area is 170 Å². The third kappa shape index (κ3) is 5.86. The Bertz CT molecular complexity index is 879. The molecule has 5 nitrogen and oxygen atoms in total. The van der Waals surface area contributed by atoms with Crippen LogP contribution in [0, 0.1) is 0 Å². The highest BCUT2D eigenvalue weighted by atomic mass is 35.5. The molecule has 1 N–H and O–H groups in total. The van der Waals surface area contributed by atoms with Crippen molar-refractivity contribution in [1.29, 1.82) is 0 Å². The van der Waals surface area contributed by atoms with Crippen LogP contribution in [-0.2, 0) is 16.6 Å². The second kappa shape index (κ2) is 9.44. The minimum absolute atomic E-state index is 0.000612. The molecule has 0 radical (unpaired) electrons. The number of nitrogens with one attached hydrogen (secondary N) is 1. The van der Waals surface area contributed by atoms with Crippen molar-refractivity contribution in [2.24, 2.45) is 0 Å². The first-order valence-corrected chi connectivity index (χ1v) is 11.1. The monoisotopic (exact) mass is 428 g/mol. The summed E-state index contributed by atoms with van der Waals surface area (Å²) >= 11 is 12.4. The molecular formula is C19H22Cl2N2O3S. The summed E-state index contributed by atoms with van der Waals surface area (Å²) < 4.78 is 25.8. The van der Waals surface area contributed by atoms with Gasteiger partial charge in [-0.2, -0.15) is 0 Å². The third-order valence-electron chi connectivity index (χ3n) is 4.00. The fourth-order valence-corrected chi connectivity index (χ4v) is 3.87. The zero-order chi connectivity index (χ0) is 20.0. The second-order valence-electron chi connectivity index (χ2n) is 6.13. The van der Waals surface area contributed by atoms with Gasteiger partial charge in [0.05, 0.1) is 18.5 Å². The molecule has 0 bridgehead atoms. The topological polar surface area (TPSA) is 66.5 Å². The zero-order valence-corrected chi connectivity index (χ0v) is 17.5. The first-order chi connectivity index (χ1) is 12.7. The number of halogens is 2. The maximum atomic E-state index is 12.3. The van der Waals surface area contributed by atoms with Crippen LogP contribution in [0.5, 0.6) is 0 Å². The van der Waals surface area contributed by atoms with Gasteiger partial charge >= 0.3 is 0 Å². The van der Waals surface area contributed by atoms with Crippen LogP contribution in [0.15, 0.2) is 42.5 Å². The number of anilines is 1. The molecule has 0 aliphatic heterocycles. The van der Waals surface area contributed by atoms with Crippen molar-refractivity contribution in [3.8, 4) is 0 Å². The molecule has 0 spiro atoms. The molecule has 0 aliphatic rings. The van der Waals surface area contributed by atoms with Crippen LogP contribution >= 0.6 is 23.2 Å². The van der Waals surface area contributed by atoms with E-state index in [4.69, 9.17) is 23.2 Å². The number of amides is 1. The molecule has 27 heavy (non-hydrogen) atoms. The summed E-state index contributed by atoms with van der Waals surface area (Å²) in [5.74, 6) is -0.185. The van der Waals surface area contributed by atoms with Gasteiger partial charge < -0.3 is 5.32 Å².